The van der Waals surface area contributed by atoms with Crippen LogP contribution in [-0.2, 0) is 0 Å². The number of nitrogens with zero attached hydrogens (tertiary/aromatic N) is 2. The molecule has 1 aromatic carbocycles. The van der Waals surface area contributed by atoms with E-state index in [9.17, 15) is 14.4 Å². The van der Waals surface area contributed by atoms with Gasteiger partial charge in [-0.25, -0.2) is 9.78 Å². The van der Waals surface area contributed by atoms with Crippen LogP contribution in [0.5, 0.6) is 0 Å². The third-order valence-corrected chi connectivity index (χ3v) is 2.76. The van der Waals surface area contributed by atoms with Crippen molar-refractivity contribution in [3.8, 4) is 0 Å². The first-order valence-electron chi connectivity index (χ1n) is 5.35. The molecule has 0 aliphatic carbocycles. The van der Waals surface area contributed by atoms with E-state index in [1.165, 1.54) is 6.20 Å². The number of anilines is 1. The van der Waals surface area contributed by atoms with Crippen LogP contribution < -0.4 is 16.5 Å². The molecule has 3 rings (SSSR count). The van der Waals surface area contributed by atoms with Gasteiger partial charge in [-0.2, -0.15) is 4.68 Å². The second kappa shape index (κ2) is 3.77. The van der Waals surface area contributed by atoms with Crippen molar-refractivity contribution in [1.29, 1.82) is 0 Å². The Hall–Kier alpha value is -2.96. The van der Waals surface area contributed by atoms with Crippen LogP contribution in [0.15, 0.2) is 40.1 Å². The zero-order valence-corrected chi connectivity index (χ0v) is 9.45. The number of carboxylic acids is 1. The van der Waals surface area contributed by atoms with Crippen LogP contribution in [-0.4, -0.2) is 20.7 Å². The van der Waals surface area contributed by atoms with Gasteiger partial charge in [0.2, 0.25) is 0 Å². The normalized spacial score (nSPS) is 10.9. The summed E-state index contributed by atoms with van der Waals surface area (Å²) >= 11 is 0. The van der Waals surface area contributed by atoms with Gasteiger partial charge in [-0.3, -0.25) is 15.0 Å². The summed E-state index contributed by atoms with van der Waals surface area (Å²) in [5.74, 6) is -1.24. The van der Waals surface area contributed by atoms with Crippen LogP contribution in [0.2, 0.25) is 0 Å². The van der Waals surface area contributed by atoms with E-state index < -0.39 is 17.1 Å². The summed E-state index contributed by atoms with van der Waals surface area (Å²) in [5, 5.41) is 10.4. The molecule has 2 heterocycles. The first-order chi connectivity index (χ1) is 9.09. The molecule has 0 fully saturated rings. The molecule has 7 heteroatoms. The number of pyridine rings is 1. The van der Waals surface area contributed by atoms with Gasteiger partial charge in [-0.05, 0) is 0 Å². The first-order valence-corrected chi connectivity index (χ1v) is 5.35. The van der Waals surface area contributed by atoms with Crippen LogP contribution in [0, 0.1) is 0 Å². The lowest BCUT2D eigenvalue weighted by Gasteiger charge is -2.09. The minimum Gasteiger partial charge on any atom is -0.476 e. The van der Waals surface area contributed by atoms with Crippen molar-refractivity contribution in [3.63, 3.8) is 0 Å². The average Bonchev–Trinajstić information content (AvgIpc) is 2.97. The fourth-order valence-corrected chi connectivity index (χ4v) is 1.79. The van der Waals surface area contributed by atoms with E-state index in [1.54, 1.807) is 24.3 Å². The molecule has 0 unspecified atom stereocenters. The van der Waals surface area contributed by atoms with Gasteiger partial charge in [0, 0.05) is 17.0 Å². The van der Waals surface area contributed by atoms with E-state index in [0.717, 1.165) is 4.68 Å². The highest BCUT2D eigenvalue weighted by atomic mass is 16.4. The SMILES string of the molecule is O=C(O)c1ncc2ccccc2c1Nn1c(=O)c1=O. The molecule has 2 aromatic heterocycles. The molecule has 0 amide bonds. The van der Waals surface area contributed by atoms with Gasteiger partial charge in [0.25, 0.3) is 0 Å². The maximum Gasteiger partial charge on any atom is 0.356 e. The molecule has 2 N–H and O–H groups in total. The number of carboxylic acid groups (broad SMARTS) is 1. The van der Waals surface area contributed by atoms with Crippen LogP contribution in [0.3, 0.4) is 0 Å². The fourth-order valence-electron chi connectivity index (χ4n) is 1.79. The summed E-state index contributed by atoms with van der Waals surface area (Å²) in [7, 11) is 0. The van der Waals surface area contributed by atoms with Gasteiger partial charge in [0.05, 0.1) is 5.69 Å². The lowest BCUT2D eigenvalue weighted by molar-refractivity contribution is 0.0692. The smallest absolute Gasteiger partial charge is 0.356 e. The molecule has 94 valence electrons. The number of hydrogen-bond donors (Lipinski definition) is 2. The lowest BCUT2D eigenvalue weighted by Crippen LogP contribution is -2.13. The quantitative estimate of drug-likeness (QED) is 0.650. The molecular formula is C12H7N3O4. The molecule has 0 aliphatic heterocycles. The predicted octanol–water partition coefficient (Wildman–Crippen LogP) is 0.206. The minimum atomic E-state index is -1.24. The van der Waals surface area contributed by atoms with Crippen LogP contribution in [0.1, 0.15) is 10.5 Å². The molecule has 0 atom stereocenters. The Morgan fingerprint density at radius 3 is 2.53 bits per heavy atom. The summed E-state index contributed by atoms with van der Waals surface area (Å²) in [4.78, 5) is 36.9. The van der Waals surface area contributed by atoms with Crippen molar-refractivity contribution in [2.45, 2.75) is 0 Å². The second-order valence-corrected chi connectivity index (χ2v) is 3.93. The van der Waals surface area contributed by atoms with Gasteiger partial charge < -0.3 is 5.11 Å². The standard InChI is InChI=1S/C12H7N3O4/c16-10-11(17)15(10)14-8-7-4-2-1-3-6(7)5-13-9(8)12(18)19/h1-5,14H,(H,18,19). The van der Waals surface area contributed by atoms with Gasteiger partial charge in [0.15, 0.2) is 5.69 Å². The zero-order valence-electron chi connectivity index (χ0n) is 9.45. The summed E-state index contributed by atoms with van der Waals surface area (Å²) in [6.07, 6.45) is 1.43. The Morgan fingerprint density at radius 2 is 1.89 bits per heavy atom. The topological polar surface area (TPSA) is 101 Å². The van der Waals surface area contributed by atoms with E-state index in [2.05, 4.69) is 10.4 Å². The minimum absolute atomic E-state index is 0.129. The number of aromatic nitrogens is 2. The third kappa shape index (κ3) is 1.68. The highest BCUT2D eigenvalue weighted by molar-refractivity contribution is 6.03. The molecule has 19 heavy (non-hydrogen) atoms. The Morgan fingerprint density at radius 1 is 1.21 bits per heavy atom. The molecule has 0 saturated carbocycles. The Kier molecular flexibility index (Phi) is 2.21. The van der Waals surface area contributed by atoms with Crippen LogP contribution in [0.25, 0.3) is 10.8 Å². The molecular weight excluding hydrogens is 250 g/mol. The maximum atomic E-state index is 11.1. The molecule has 7 nitrogen and oxygen atoms in total. The molecule has 0 saturated heterocycles. The largest absolute Gasteiger partial charge is 0.476 e. The van der Waals surface area contributed by atoms with Crippen LogP contribution in [0.4, 0.5) is 5.69 Å². The highest BCUT2D eigenvalue weighted by Gasteiger charge is 2.21. The van der Waals surface area contributed by atoms with Crippen LogP contribution >= 0.6 is 0 Å². The monoisotopic (exact) mass is 257 g/mol. The van der Waals surface area contributed by atoms with E-state index in [4.69, 9.17) is 5.11 Å². The Labute approximate surface area is 105 Å². The number of nitrogens with one attached hydrogen (secondary N) is 1. The van der Waals surface area contributed by atoms with E-state index in [1.807, 2.05) is 0 Å². The van der Waals surface area contributed by atoms with Gasteiger partial charge in [0.1, 0.15) is 0 Å². The molecule has 0 radical (unpaired) electrons. The third-order valence-electron chi connectivity index (χ3n) is 2.76. The number of hydrogen-bond acceptors (Lipinski definition) is 5. The summed E-state index contributed by atoms with van der Waals surface area (Å²) < 4.78 is 0.746. The molecule has 0 spiro atoms. The zero-order chi connectivity index (χ0) is 13.6. The van der Waals surface area contributed by atoms with Crippen molar-refractivity contribution in [2.75, 3.05) is 5.43 Å². The van der Waals surface area contributed by atoms with Crippen molar-refractivity contribution < 1.29 is 9.90 Å². The van der Waals surface area contributed by atoms with E-state index in [0.29, 0.717) is 10.8 Å². The Bertz CT molecular complexity index is 848. The number of rotatable bonds is 3. The van der Waals surface area contributed by atoms with Crippen molar-refractivity contribution >= 4 is 22.4 Å². The van der Waals surface area contributed by atoms with E-state index in [-0.39, 0.29) is 11.4 Å². The number of benzene rings is 1. The van der Waals surface area contributed by atoms with Gasteiger partial charge >= 0.3 is 17.1 Å². The molecule has 3 aromatic rings. The summed E-state index contributed by atoms with van der Waals surface area (Å²) in [6, 6.07) is 6.95. The average molecular weight is 257 g/mol. The summed E-state index contributed by atoms with van der Waals surface area (Å²) in [5.41, 5.74) is 0.976. The first kappa shape index (κ1) is 11.1. The molecule has 0 bridgehead atoms. The number of fused-ring (bicyclic) bond motifs is 1. The van der Waals surface area contributed by atoms with Crippen molar-refractivity contribution in [3.05, 3.63) is 56.9 Å². The summed E-state index contributed by atoms with van der Waals surface area (Å²) in [6.45, 7) is 0. The second-order valence-electron chi connectivity index (χ2n) is 3.93. The highest BCUT2D eigenvalue weighted by Crippen LogP contribution is 2.25. The predicted molar refractivity (Wildman–Crippen MR) is 67.1 cm³/mol. The lowest BCUT2D eigenvalue weighted by atomic mass is 10.1. The number of aromatic carboxylic acids is 1. The molecule has 0 aliphatic rings. The van der Waals surface area contributed by atoms with E-state index >= 15 is 0 Å². The van der Waals surface area contributed by atoms with Crippen molar-refractivity contribution in [2.24, 2.45) is 0 Å². The number of carbonyl (C=O) groups is 1. The van der Waals surface area contributed by atoms with Gasteiger partial charge in [-0.1, -0.05) is 24.3 Å². The Balaban J connectivity index is 2.25. The maximum absolute atomic E-state index is 11.1. The van der Waals surface area contributed by atoms with Crippen molar-refractivity contribution in [1.82, 2.24) is 9.66 Å². The van der Waals surface area contributed by atoms with Gasteiger partial charge in [-0.15, -0.1) is 0 Å². The fraction of sp³-hybridized carbons (Fsp3) is 0.